The van der Waals surface area contributed by atoms with Crippen LogP contribution in [0.3, 0.4) is 0 Å². The minimum atomic E-state index is -0.334. The Bertz CT molecular complexity index is 1050. The van der Waals surface area contributed by atoms with Gasteiger partial charge in [-0.25, -0.2) is 4.98 Å². The largest absolute Gasteiger partial charge is 0.496 e. The van der Waals surface area contributed by atoms with E-state index in [1.807, 2.05) is 44.7 Å². The number of ether oxygens (including phenoxy) is 1. The number of anilines is 1. The van der Waals surface area contributed by atoms with E-state index in [0.29, 0.717) is 41.6 Å². The first-order chi connectivity index (χ1) is 15.8. The smallest absolute Gasteiger partial charge is 0.260 e. The predicted molar refractivity (Wildman–Crippen MR) is 130 cm³/mol. The molecule has 176 valence electrons. The van der Waals surface area contributed by atoms with Crippen LogP contribution < -0.4 is 10.1 Å². The van der Waals surface area contributed by atoms with E-state index in [-0.39, 0.29) is 23.7 Å². The van der Waals surface area contributed by atoms with Crippen LogP contribution in [0.5, 0.6) is 5.75 Å². The fourth-order valence-electron chi connectivity index (χ4n) is 3.90. The van der Waals surface area contributed by atoms with Crippen molar-refractivity contribution in [2.45, 2.75) is 53.5 Å². The molecule has 33 heavy (non-hydrogen) atoms. The second-order valence-electron chi connectivity index (χ2n) is 8.73. The maximum absolute atomic E-state index is 13.2. The Morgan fingerprint density at radius 1 is 1.15 bits per heavy atom. The summed E-state index contributed by atoms with van der Waals surface area (Å²) in [6.07, 6.45) is 2.39. The highest BCUT2D eigenvalue weighted by Crippen LogP contribution is 2.29. The van der Waals surface area contributed by atoms with E-state index in [9.17, 15) is 9.59 Å². The number of aromatic nitrogens is 1. The maximum atomic E-state index is 13.2. The number of carbonyl (C=O) groups is 2. The molecule has 2 unspecified atom stereocenters. The molecule has 0 saturated heterocycles. The first-order valence-electron chi connectivity index (χ1n) is 11.6. The second kappa shape index (κ2) is 10.6. The first-order valence-corrected chi connectivity index (χ1v) is 11.6. The fourth-order valence-corrected chi connectivity index (χ4v) is 3.90. The first kappa shape index (κ1) is 24.4. The van der Waals surface area contributed by atoms with E-state index in [1.54, 1.807) is 25.3 Å². The summed E-state index contributed by atoms with van der Waals surface area (Å²) in [5.74, 6) is 0.773. The molecule has 0 fully saturated rings. The Labute approximate surface area is 196 Å². The van der Waals surface area contributed by atoms with Gasteiger partial charge in [0.25, 0.3) is 5.91 Å². The normalized spacial score (nSPS) is 14.8. The van der Waals surface area contributed by atoms with Crippen molar-refractivity contribution in [3.8, 4) is 5.75 Å². The van der Waals surface area contributed by atoms with Crippen LogP contribution in [0.25, 0.3) is 0 Å². The molecule has 0 radical (unpaired) electrons. The third kappa shape index (κ3) is 5.41. The van der Waals surface area contributed by atoms with E-state index in [4.69, 9.17) is 10.1 Å². The van der Waals surface area contributed by atoms with Crippen LogP contribution >= 0.6 is 0 Å². The zero-order chi connectivity index (χ0) is 24.1. The van der Waals surface area contributed by atoms with Crippen LogP contribution in [0.15, 0.2) is 30.3 Å². The van der Waals surface area contributed by atoms with Crippen molar-refractivity contribution in [3.05, 3.63) is 52.7 Å². The number of rotatable bonds is 8. The minimum Gasteiger partial charge on any atom is -0.496 e. The van der Waals surface area contributed by atoms with E-state index in [2.05, 4.69) is 10.3 Å². The van der Waals surface area contributed by atoms with Gasteiger partial charge in [0, 0.05) is 19.0 Å². The molecule has 0 aliphatic carbocycles. The molecule has 2 amide bonds. The standard InChI is InChI=1S/C26H34N4O3/c1-6-16(3)24(27)21-9-8-10-23(28-21)29-25(31)20-13-19-15-30(26(32)17(4)7-2)12-11-18(19)14-22(20)33-5/h8-10,13-14,16-17,27H,6-7,11-12,15H2,1-5H3,(H,28,29,31). The number of nitrogens with one attached hydrogen (secondary N) is 2. The van der Waals surface area contributed by atoms with Crippen LogP contribution in [0.1, 0.15) is 67.7 Å². The zero-order valence-electron chi connectivity index (χ0n) is 20.2. The van der Waals surface area contributed by atoms with Crippen LogP contribution in [-0.4, -0.2) is 41.1 Å². The number of benzene rings is 1. The van der Waals surface area contributed by atoms with Crippen molar-refractivity contribution in [2.75, 3.05) is 19.0 Å². The van der Waals surface area contributed by atoms with E-state index < -0.39 is 0 Å². The number of carbonyl (C=O) groups excluding carboxylic acids is 2. The molecule has 2 atom stereocenters. The average Bonchev–Trinajstić information content (AvgIpc) is 2.85. The molecule has 1 aromatic carbocycles. The molecule has 7 heteroatoms. The summed E-state index contributed by atoms with van der Waals surface area (Å²) >= 11 is 0. The monoisotopic (exact) mass is 450 g/mol. The highest BCUT2D eigenvalue weighted by atomic mass is 16.5. The lowest BCUT2D eigenvalue weighted by atomic mass is 9.95. The van der Waals surface area contributed by atoms with Crippen LogP contribution in [0.4, 0.5) is 5.82 Å². The van der Waals surface area contributed by atoms with Gasteiger partial charge in [-0.15, -0.1) is 0 Å². The molecule has 0 bridgehead atoms. The lowest BCUT2D eigenvalue weighted by molar-refractivity contribution is -0.136. The third-order valence-electron chi connectivity index (χ3n) is 6.50. The number of hydrogen-bond acceptors (Lipinski definition) is 5. The summed E-state index contributed by atoms with van der Waals surface area (Å²) in [6.45, 7) is 9.15. The molecule has 2 heterocycles. The quantitative estimate of drug-likeness (QED) is 0.571. The van der Waals surface area contributed by atoms with E-state index in [1.165, 1.54) is 0 Å². The second-order valence-corrected chi connectivity index (χ2v) is 8.73. The zero-order valence-corrected chi connectivity index (χ0v) is 20.2. The SMILES string of the molecule is CCC(C)C(=N)c1cccc(NC(=O)c2cc3c(cc2OC)CCN(C(=O)C(C)CC)C3)n1. The summed E-state index contributed by atoms with van der Waals surface area (Å²) < 4.78 is 5.51. The Kier molecular flexibility index (Phi) is 7.84. The fraction of sp³-hybridized carbons (Fsp3) is 0.462. The molecule has 3 rings (SSSR count). The van der Waals surface area contributed by atoms with Gasteiger partial charge in [0.15, 0.2) is 0 Å². The van der Waals surface area contributed by atoms with Crippen LogP contribution in [-0.2, 0) is 17.8 Å². The molecule has 0 saturated carbocycles. The molecular formula is C26H34N4O3. The number of methoxy groups -OCH3 is 1. The Balaban J connectivity index is 1.84. The number of hydrogen-bond donors (Lipinski definition) is 2. The Hall–Kier alpha value is -3.22. The summed E-state index contributed by atoms with van der Waals surface area (Å²) in [7, 11) is 1.55. The van der Waals surface area contributed by atoms with Crippen molar-refractivity contribution in [3.63, 3.8) is 0 Å². The highest BCUT2D eigenvalue weighted by Gasteiger charge is 2.26. The van der Waals surface area contributed by atoms with Gasteiger partial charge >= 0.3 is 0 Å². The number of fused-ring (bicyclic) bond motifs is 1. The van der Waals surface area contributed by atoms with Crippen molar-refractivity contribution in [1.82, 2.24) is 9.88 Å². The van der Waals surface area contributed by atoms with Gasteiger partial charge in [0.05, 0.1) is 24.1 Å². The average molecular weight is 451 g/mol. The molecule has 7 nitrogen and oxygen atoms in total. The van der Waals surface area contributed by atoms with Crippen molar-refractivity contribution in [2.24, 2.45) is 11.8 Å². The summed E-state index contributed by atoms with van der Waals surface area (Å²) in [4.78, 5) is 32.2. The molecule has 0 spiro atoms. The van der Waals surface area contributed by atoms with Gasteiger partial charge in [-0.2, -0.15) is 0 Å². The Morgan fingerprint density at radius 3 is 2.55 bits per heavy atom. The van der Waals surface area contributed by atoms with Gasteiger partial charge in [-0.3, -0.25) is 9.59 Å². The van der Waals surface area contributed by atoms with Crippen molar-refractivity contribution >= 4 is 23.3 Å². The molecule has 2 N–H and O–H groups in total. The molecule has 1 aromatic heterocycles. The lowest BCUT2D eigenvalue weighted by Crippen LogP contribution is -2.39. The van der Waals surface area contributed by atoms with Crippen molar-refractivity contribution < 1.29 is 14.3 Å². The van der Waals surface area contributed by atoms with Gasteiger partial charge in [0.2, 0.25) is 5.91 Å². The highest BCUT2D eigenvalue weighted by molar-refractivity contribution is 6.06. The van der Waals surface area contributed by atoms with Crippen LogP contribution in [0.2, 0.25) is 0 Å². The van der Waals surface area contributed by atoms with E-state index >= 15 is 0 Å². The van der Waals surface area contributed by atoms with Gasteiger partial charge < -0.3 is 20.4 Å². The van der Waals surface area contributed by atoms with Gasteiger partial charge in [-0.05, 0) is 60.6 Å². The lowest BCUT2D eigenvalue weighted by Gasteiger charge is -2.31. The topological polar surface area (TPSA) is 95.4 Å². The number of pyridine rings is 1. The van der Waals surface area contributed by atoms with Crippen molar-refractivity contribution in [1.29, 1.82) is 5.41 Å². The Morgan fingerprint density at radius 2 is 1.88 bits per heavy atom. The van der Waals surface area contributed by atoms with Gasteiger partial charge in [-0.1, -0.05) is 33.8 Å². The molecule has 1 aliphatic heterocycles. The molecule has 2 aromatic rings. The summed E-state index contributed by atoms with van der Waals surface area (Å²) in [5.41, 5.74) is 3.46. The predicted octanol–water partition coefficient (Wildman–Crippen LogP) is 4.69. The van der Waals surface area contributed by atoms with Crippen LogP contribution in [0, 0.1) is 17.2 Å². The number of amides is 2. The molecular weight excluding hydrogens is 416 g/mol. The number of nitrogens with zero attached hydrogens (tertiary/aromatic N) is 2. The van der Waals surface area contributed by atoms with Gasteiger partial charge in [0.1, 0.15) is 11.6 Å². The van der Waals surface area contributed by atoms with E-state index in [0.717, 1.165) is 30.4 Å². The summed E-state index contributed by atoms with van der Waals surface area (Å²) in [5, 5.41) is 11.2. The maximum Gasteiger partial charge on any atom is 0.260 e. The summed E-state index contributed by atoms with van der Waals surface area (Å²) in [6, 6.07) is 9.01. The minimum absolute atomic E-state index is 0.0138. The third-order valence-corrected chi connectivity index (χ3v) is 6.50. The molecule has 1 aliphatic rings.